The monoisotopic (exact) mass is 318 g/mol. The van der Waals surface area contributed by atoms with Gasteiger partial charge in [-0.25, -0.2) is 14.8 Å². The largest absolute Gasteiger partial charge is 0.444 e. The number of rotatable bonds is 2. The van der Waals surface area contributed by atoms with Crippen LogP contribution in [0.3, 0.4) is 0 Å². The van der Waals surface area contributed by atoms with Gasteiger partial charge in [-0.05, 0) is 20.8 Å². The van der Waals surface area contributed by atoms with E-state index in [1.165, 1.54) is 4.90 Å². The molecule has 1 aromatic heterocycles. The minimum atomic E-state index is -4.46. The third-order valence-electron chi connectivity index (χ3n) is 2.85. The van der Waals surface area contributed by atoms with Crippen LogP contribution in [0.15, 0.2) is 12.4 Å². The SMILES string of the molecule is CC(C)(C)OC(=O)N1CC(Nc2ncc(C(F)(F)F)cn2)C1. The number of likely N-dealkylation sites (tertiary alicyclic amines) is 1. The molecule has 6 nitrogen and oxygen atoms in total. The molecule has 1 fully saturated rings. The van der Waals surface area contributed by atoms with Gasteiger partial charge in [-0.2, -0.15) is 13.2 Å². The number of amides is 1. The lowest BCUT2D eigenvalue weighted by atomic mass is 10.1. The second-order valence-corrected chi connectivity index (χ2v) is 6.02. The summed E-state index contributed by atoms with van der Waals surface area (Å²) >= 11 is 0. The van der Waals surface area contributed by atoms with Crippen LogP contribution >= 0.6 is 0 Å². The second-order valence-electron chi connectivity index (χ2n) is 6.02. The Bertz CT molecular complexity index is 534. The highest BCUT2D eigenvalue weighted by Gasteiger charge is 2.34. The number of ether oxygens (including phenoxy) is 1. The van der Waals surface area contributed by atoms with Crippen molar-refractivity contribution >= 4 is 12.0 Å². The third kappa shape index (κ3) is 4.22. The van der Waals surface area contributed by atoms with E-state index in [9.17, 15) is 18.0 Å². The topological polar surface area (TPSA) is 67.3 Å². The second kappa shape index (κ2) is 5.62. The first-order chi connectivity index (χ1) is 10.0. The van der Waals surface area contributed by atoms with Crippen LogP contribution in [0.5, 0.6) is 0 Å². The summed E-state index contributed by atoms with van der Waals surface area (Å²) in [5.41, 5.74) is -1.46. The van der Waals surface area contributed by atoms with E-state index < -0.39 is 23.4 Å². The fourth-order valence-electron chi connectivity index (χ4n) is 1.78. The number of nitrogens with zero attached hydrogens (tertiary/aromatic N) is 3. The zero-order chi connectivity index (χ0) is 16.5. The van der Waals surface area contributed by atoms with Gasteiger partial charge in [0.2, 0.25) is 5.95 Å². The van der Waals surface area contributed by atoms with Crippen molar-refractivity contribution in [2.24, 2.45) is 0 Å². The van der Waals surface area contributed by atoms with Crippen LogP contribution in [0.4, 0.5) is 23.9 Å². The lowest BCUT2D eigenvalue weighted by Crippen LogP contribution is -2.58. The summed E-state index contributed by atoms with van der Waals surface area (Å²) in [6.45, 7) is 6.10. The van der Waals surface area contributed by atoms with Crippen molar-refractivity contribution in [2.45, 2.75) is 38.6 Å². The van der Waals surface area contributed by atoms with Crippen LogP contribution in [-0.4, -0.2) is 45.7 Å². The van der Waals surface area contributed by atoms with Gasteiger partial charge in [0.1, 0.15) is 5.60 Å². The van der Waals surface area contributed by atoms with Crippen molar-refractivity contribution in [3.05, 3.63) is 18.0 Å². The molecule has 0 aliphatic carbocycles. The Morgan fingerprint density at radius 3 is 2.27 bits per heavy atom. The lowest BCUT2D eigenvalue weighted by Gasteiger charge is -2.39. The minimum Gasteiger partial charge on any atom is -0.444 e. The molecule has 1 aliphatic rings. The first kappa shape index (κ1) is 16.3. The maximum absolute atomic E-state index is 12.4. The molecular weight excluding hydrogens is 301 g/mol. The molecule has 0 spiro atoms. The van der Waals surface area contributed by atoms with Crippen LogP contribution < -0.4 is 5.32 Å². The molecule has 22 heavy (non-hydrogen) atoms. The van der Waals surface area contributed by atoms with Crippen molar-refractivity contribution in [3.63, 3.8) is 0 Å². The quantitative estimate of drug-likeness (QED) is 0.907. The predicted octanol–water partition coefficient (Wildman–Crippen LogP) is 2.53. The molecule has 122 valence electrons. The molecule has 1 amide bonds. The van der Waals surface area contributed by atoms with E-state index in [1.807, 2.05) is 0 Å². The van der Waals surface area contributed by atoms with Gasteiger partial charge in [-0.15, -0.1) is 0 Å². The van der Waals surface area contributed by atoms with Crippen molar-refractivity contribution in [1.29, 1.82) is 0 Å². The number of anilines is 1. The molecule has 0 saturated carbocycles. The van der Waals surface area contributed by atoms with Gasteiger partial charge in [-0.3, -0.25) is 0 Å². The Balaban J connectivity index is 1.82. The molecule has 1 N–H and O–H groups in total. The van der Waals surface area contributed by atoms with Crippen molar-refractivity contribution in [1.82, 2.24) is 14.9 Å². The van der Waals surface area contributed by atoms with Crippen molar-refractivity contribution < 1.29 is 22.7 Å². The van der Waals surface area contributed by atoms with Gasteiger partial charge >= 0.3 is 12.3 Å². The van der Waals surface area contributed by atoms with E-state index in [0.717, 1.165) is 12.4 Å². The molecule has 1 aliphatic heterocycles. The molecule has 1 aromatic rings. The smallest absolute Gasteiger partial charge is 0.419 e. The molecule has 0 radical (unpaired) electrons. The molecule has 0 atom stereocenters. The predicted molar refractivity (Wildman–Crippen MR) is 72.3 cm³/mol. The molecule has 9 heteroatoms. The number of halogens is 3. The fraction of sp³-hybridized carbons (Fsp3) is 0.615. The number of nitrogens with one attached hydrogen (secondary N) is 1. The zero-order valence-electron chi connectivity index (χ0n) is 12.4. The minimum absolute atomic E-state index is 0.0989. The number of alkyl halides is 3. The Hall–Kier alpha value is -2.06. The summed E-state index contributed by atoms with van der Waals surface area (Å²) in [4.78, 5) is 20.4. The van der Waals surface area contributed by atoms with Gasteiger partial charge in [0, 0.05) is 25.5 Å². The first-order valence-electron chi connectivity index (χ1n) is 6.68. The van der Waals surface area contributed by atoms with E-state index in [2.05, 4.69) is 15.3 Å². The summed E-state index contributed by atoms with van der Waals surface area (Å²) in [7, 11) is 0. The summed E-state index contributed by atoms with van der Waals surface area (Å²) in [6, 6.07) is -0.107. The molecule has 2 rings (SSSR count). The Morgan fingerprint density at radius 1 is 1.27 bits per heavy atom. The van der Waals surface area contributed by atoms with Gasteiger partial charge in [0.15, 0.2) is 0 Å². The molecule has 1 saturated heterocycles. The highest BCUT2D eigenvalue weighted by molar-refractivity contribution is 5.69. The Labute approximate surface area is 125 Å². The normalized spacial score (nSPS) is 16.2. The van der Waals surface area contributed by atoms with Crippen molar-refractivity contribution in [3.8, 4) is 0 Å². The van der Waals surface area contributed by atoms with E-state index in [-0.39, 0.29) is 12.0 Å². The van der Waals surface area contributed by atoms with Crippen LogP contribution in [-0.2, 0) is 10.9 Å². The highest BCUT2D eigenvalue weighted by Crippen LogP contribution is 2.28. The zero-order valence-corrected chi connectivity index (χ0v) is 12.4. The number of aromatic nitrogens is 2. The van der Waals surface area contributed by atoms with Crippen molar-refractivity contribution in [2.75, 3.05) is 18.4 Å². The Kier molecular flexibility index (Phi) is 4.17. The molecule has 0 aromatic carbocycles. The van der Waals surface area contributed by atoms with Crippen LogP contribution in [0.2, 0.25) is 0 Å². The molecule has 0 unspecified atom stereocenters. The average molecular weight is 318 g/mol. The van der Waals surface area contributed by atoms with E-state index >= 15 is 0 Å². The highest BCUT2D eigenvalue weighted by atomic mass is 19.4. The van der Waals surface area contributed by atoms with Crippen LogP contribution in [0, 0.1) is 0 Å². The van der Waals surface area contributed by atoms with Gasteiger partial charge in [0.25, 0.3) is 0 Å². The standard InChI is InChI=1S/C13H17F3N4O2/c1-12(2,3)22-11(21)20-6-9(7-20)19-10-17-4-8(5-18-10)13(14,15)16/h4-5,9H,6-7H2,1-3H3,(H,17,18,19). The number of hydrogen-bond acceptors (Lipinski definition) is 5. The molecule has 2 heterocycles. The summed E-state index contributed by atoms with van der Waals surface area (Å²) < 4.78 is 42.3. The number of carbonyl (C=O) groups excluding carboxylic acids is 1. The fourth-order valence-corrected chi connectivity index (χ4v) is 1.78. The van der Waals surface area contributed by atoms with E-state index in [4.69, 9.17) is 4.74 Å². The lowest BCUT2D eigenvalue weighted by molar-refractivity contribution is -0.138. The van der Waals surface area contributed by atoms with E-state index in [1.54, 1.807) is 20.8 Å². The Morgan fingerprint density at radius 2 is 1.82 bits per heavy atom. The third-order valence-corrected chi connectivity index (χ3v) is 2.85. The van der Waals surface area contributed by atoms with Crippen LogP contribution in [0.1, 0.15) is 26.3 Å². The van der Waals surface area contributed by atoms with Gasteiger partial charge < -0.3 is 15.0 Å². The summed E-state index contributed by atoms with van der Waals surface area (Å²) in [5, 5.41) is 2.87. The van der Waals surface area contributed by atoms with Gasteiger partial charge in [0.05, 0.1) is 11.6 Å². The average Bonchev–Trinajstić information content (AvgIpc) is 2.30. The van der Waals surface area contributed by atoms with Crippen LogP contribution in [0.25, 0.3) is 0 Å². The van der Waals surface area contributed by atoms with Gasteiger partial charge in [-0.1, -0.05) is 0 Å². The summed E-state index contributed by atoms with van der Waals surface area (Å²) in [5.74, 6) is 0.0989. The summed E-state index contributed by atoms with van der Waals surface area (Å²) in [6.07, 6.45) is -3.43. The number of carbonyl (C=O) groups is 1. The molecular formula is C13H17F3N4O2. The molecule has 0 bridgehead atoms. The number of hydrogen-bond donors (Lipinski definition) is 1. The van der Waals surface area contributed by atoms with E-state index in [0.29, 0.717) is 13.1 Å². The maximum atomic E-state index is 12.4. The maximum Gasteiger partial charge on any atom is 0.419 e. The first-order valence-corrected chi connectivity index (χ1v) is 6.68.